The summed E-state index contributed by atoms with van der Waals surface area (Å²) in [7, 11) is -2.90. The average Bonchev–Trinajstić information content (AvgIpc) is 2.46. The van der Waals surface area contributed by atoms with Crippen molar-refractivity contribution in [3.05, 3.63) is 29.6 Å². The van der Waals surface area contributed by atoms with Gasteiger partial charge in [0.05, 0.1) is 17.2 Å². The van der Waals surface area contributed by atoms with Crippen LogP contribution in [0.2, 0.25) is 0 Å². The number of halogens is 1. The van der Waals surface area contributed by atoms with E-state index >= 15 is 0 Å². The molecule has 100 valence electrons. The van der Waals surface area contributed by atoms with Crippen LogP contribution in [0.4, 0.5) is 10.1 Å². The van der Waals surface area contributed by atoms with Crippen molar-refractivity contribution in [2.45, 2.75) is 32.2 Å². The number of nitrogens with one attached hydrogen (secondary N) is 1. The lowest BCUT2D eigenvalue weighted by molar-refractivity contribution is 0.594. The second-order valence-electron chi connectivity index (χ2n) is 4.91. The molecule has 1 saturated heterocycles. The molecule has 2 rings (SSSR count). The van der Waals surface area contributed by atoms with E-state index in [0.29, 0.717) is 18.5 Å². The first-order valence-electron chi connectivity index (χ1n) is 6.19. The topological polar surface area (TPSA) is 46.2 Å². The van der Waals surface area contributed by atoms with Crippen molar-refractivity contribution in [2.24, 2.45) is 0 Å². The summed E-state index contributed by atoms with van der Waals surface area (Å²) in [5.41, 5.74) is 1.46. The maximum Gasteiger partial charge on any atom is 0.150 e. The molecule has 1 unspecified atom stereocenters. The number of hydrogen-bond acceptors (Lipinski definition) is 3. The van der Waals surface area contributed by atoms with Gasteiger partial charge < -0.3 is 5.32 Å². The molecular weight excluding hydrogens is 253 g/mol. The highest BCUT2D eigenvalue weighted by Crippen LogP contribution is 2.21. The molecule has 1 N–H and O–H groups in total. The van der Waals surface area contributed by atoms with Gasteiger partial charge in [-0.05, 0) is 43.9 Å². The van der Waals surface area contributed by atoms with Crippen LogP contribution in [0.15, 0.2) is 18.2 Å². The van der Waals surface area contributed by atoms with E-state index in [2.05, 4.69) is 5.32 Å². The monoisotopic (exact) mass is 271 g/mol. The minimum absolute atomic E-state index is 0.0403. The maximum atomic E-state index is 13.6. The van der Waals surface area contributed by atoms with Gasteiger partial charge in [0, 0.05) is 6.04 Å². The van der Waals surface area contributed by atoms with Gasteiger partial charge in [-0.25, -0.2) is 12.8 Å². The van der Waals surface area contributed by atoms with Crippen LogP contribution < -0.4 is 5.32 Å². The molecule has 0 aliphatic carbocycles. The van der Waals surface area contributed by atoms with Crippen molar-refractivity contribution in [3.8, 4) is 0 Å². The van der Waals surface area contributed by atoms with Crippen LogP contribution in [-0.2, 0) is 9.84 Å². The Kier molecular flexibility index (Phi) is 3.90. The average molecular weight is 271 g/mol. The third kappa shape index (κ3) is 3.45. The normalized spacial score (nSPS) is 23.3. The molecule has 0 bridgehead atoms. The Morgan fingerprint density at radius 2 is 2.06 bits per heavy atom. The molecule has 1 atom stereocenters. The molecule has 0 saturated carbocycles. The first-order valence-corrected chi connectivity index (χ1v) is 8.01. The van der Waals surface area contributed by atoms with Gasteiger partial charge in [-0.1, -0.05) is 6.07 Å². The summed E-state index contributed by atoms with van der Waals surface area (Å²) in [6, 6.07) is 4.95. The van der Waals surface area contributed by atoms with Gasteiger partial charge in [0.25, 0.3) is 0 Å². The zero-order chi connectivity index (χ0) is 13.2. The third-order valence-corrected chi connectivity index (χ3v) is 5.04. The van der Waals surface area contributed by atoms with Gasteiger partial charge in [-0.15, -0.1) is 0 Å². The second-order valence-corrected chi connectivity index (χ2v) is 7.21. The van der Waals surface area contributed by atoms with Crippen LogP contribution in [-0.4, -0.2) is 26.0 Å². The molecule has 0 aromatic heterocycles. The fraction of sp³-hybridized carbons (Fsp3) is 0.538. The van der Waals surface area contributed by atoms with E-state index in [-0.39, 0.29) is 23.4 Å². The van der Waals surface area contributed by atoms with E-state index in [4.69, 9.17) is 0 Å². The lowest BCUT2D eigenvalue weighted by atomic mass is 10.1. The first kappa shape index (κ1) is 13.3. The molecule has 18 heavy (non-hydrogen) atoms. The summed E-state index contributed by atoms with van der Waals surface area (Å²) in [5.74, 6) is 0.159. The maximum absolute atomic E-state index is 13.6. The van der Waals surface area contributed by atoms with Crippen molar-refractivity contribution in [1.29, 1.82) is 0 Å². The molecule has 1 aliphatic heterocycles. The Labute approximate surface area is 107 Å². The smallest absolute Gasteiger partial charge is 0.150 e. The van der Waals surface area contributed by atoms with Crippen molar-refractivity contribution >= 4 is 15.5 Å². The number of rotatable bonds is 2. The van der Waals surface area contributed by atoms with Crippen LogP contribution in [0.1, 0.15) is 24.8 Å². The molecule has 0 radical (unpaired) electrons. The quantitative estimate of drug-likeness (QED) is 0.899. The fourth-order valence-corrected chi connectivity index (χ4v) is 3.69. The number of aryl methyl sites for hydroxylation is 1. The molecule has 1 heterocycles. The van der Waals surface area contributed by atoms with E-state index in [1.54, 1.807) is 12.1 Å². The Hall–Kier alpha value is -1.10. The Bertz CT molecular complexity index is 528. The highest BCUT2D eigenvalue weighted by molar-refractivity contribution is 7.91. The predicted molar refractivity (Wildman–Crippen MR) is 71.1 cm³/mol. The van der Waals surface area contributed by atoms with Gasteiger partial charge in [0.2, 0.25) is 0 Å². The number of anilines is 1. The summed E-state index contributed by atoms with van der Waals surface area (Å²) in [4.78, 5) is 0. The van der Waals surface area contributed by atoms with Crippen molar-refractivity contribution < 1.29 is 12.8 Å². The molecule has 5 heteroatoms. The molecule has 1 aromatic carbocycles. The van der Waals surface area contributed by atoms with E-state index in [1.165, 1.54) is 6.07 Å². The SMILES string of the molecule is Cc1ccc(F)c(NC2CCCS(=O)(=O)CC2)c1. The largest absolute Gasteiger partial charge is 0.380 e. The lowest BCUT2D eigenvalue weighted by Gasteiger charge is -2.18. The van der Waals surface area contributed by atoms with Gasteiger partial charge in [-0.3, -0.25) is 0 Å². The zero-order valence-electron chi connectivity index (χ0n) is 10.4. The zero-order valence-corrected chi connectivity index (χ0v) is 11.3. The third-order valence-electron chi connectivity index (χ3n) is 3.27. The van der Waals surface area contributed by atoms with Crippen molar-refractivity contribution in [1.82, 2.24) is 0 Å². The molecule has 1 fully saturated rings. The summed E-state index contributed by atoms with van der Waals surface area (Å²) in [6.07, 6.45) is 1.97. The fourth-order valence-electron chi connectivity index (χ4n) is 2.23. The van der Waals surface area contributed by atoms with Crippen LogP contribution in [0.5, 0.6) is 0 Å². The van der Waals surface area contributed by atoms with E-state index in [9.17, 15) is 12.8 Å². The lowest BCUT2D eigenvalue weighted by Crippen LogP contribution is -2.21. The van der Waals surface area contributed by atoms with Crippen LogP contribution in [0.25, 0.3) is 0 Å². The number of benzene rings is 1. The number of hydrogen-bond donors (Lipinski definition) is 1. The molecule has 1 aliphatic rings. The Balaban J connectivity index is 2.07. The predicted octanol–water partition coefficient (Wildman–Crippen LogP) is 2.51. The van der Waals surface area contributed by atoms with Gasteiger partial charge in [0.15, 0.2) is 0 Å². The standard InChI is InChI=1S/C13H18FNO2S/c1-10-4-5-12(14)13(9-10)15-11-3-2-7-18(16,17)8-6-11/h4-5,9,11,15H,2-3,6-8H2,1H3. The summed E-state index contributed by atoms with van der Waals surface area (Å²) >= 11 is 0. The van der Waals surface area contributed by atoms with Crippen molar-refractivity contribution in [3.63, 3.8) is 0 Å². The molecule has 1 aromatic rings. The minimum atomic E-state index is -2.90. The van der Waals surface area contributed by atoms with Crippen LogP contribution >= 0.6 is 0 Å². The summed E-state index contributed by atoms with van der Waals surface area (Å²) in [5, 5.41) is 3.13. The second kappa shape index (κ2) is 5.26. The summed E-state index contributed by atoms with van der Waals surface area (Å²) < 4.78 is 36.6. The molecule has 0 spiro atoms. The highest BCUT2D eigenvalue weighted by atomic mass is 32.2. The Morgan fingerprint density at radius 1 is 1.28 bits per heavy atom. The van der Waals surface area contributed by atoms with Crippen molar-refractivity contribution in [2.75, 3.05) is 16.8 Å². The Morgan fingerprint density at radius 3 is 2.83 bits per heavy atom. The van der Waals surface area contributed by atoms with E-state index in [0.717, 1.165) is 12.0 Å². The molecule has 0 amide bonds. The summed E-state index contributed by atoms with van der Waals surface area (Å²) in [6.45, 7) is 1.90. The van der Waals surface area contributed by atoms with E-state index < -0.39 is 9.84 Å². The highest BCUT2D eigenvalue weighted by Gasteiger charge is 2.21. The van der Waals surface area contributed by atoms with Gasteiger partial charge in [-0.2, -0.15) is 0 Å². The van der Waals surface area contributed by atoms with Gasteiger partial charge in [0.1, 0.15) is 15.7 Å². The number of sulfone groups is 1. The van der Waals surface area contributed by atoms with Gasteiger partial charge >= 0.3 is 0 Å². The minimum Gasteiger partial charge on any atom is -0.380 e. The first-order chi connectivity index (χ1) is 8.46. The van der Waals surface area contributed by atoms with Crippen LogP contribution in [0.3, 0.4) is 0 Å². The van der Waals surface area contributed by atoms with E-state index in [1.807, 2.05) is 6.92 Å². The molecule has 3 nitrogen and oxygen atoms in total. The molecular formula is C13H18FNO2S. The van der Waals surface area contributed by atoms with Crippen LogP contribution in [0, 0.1) is 12.7 Å².